The maximum atomic E-state index is 12.7. The van der Waals surface area contributed by atoms with Crippen molar-refractivity contribution < 1.29 is 18.0 Å². The van der Waals surface area contributed by atoms with Crippen molar-refractivity contribution in [2.75, 3.05) is 19.6 Å². The Morgan fingerprint density at radius 2 is 1.96 bits per heavy atom. The quantitative estimate of drug-likeness (QED) is 0.750. The average molecular weight is 440 g/mol. The van der Waals surface area contributed by atoms with E-state index in [2.05, 4.69) is 20.7 Å². The second kappa shape index (κ2) is 9.58. The fraction of sp³-hybridized carbons (Fsp3) is 0.471. The zero-order valence-corrected chi connectivity index (χ0v) is 17.0. The number of nitrogens with zero attached hydrogens (tertiary/aromatic N) is 3. The molecule has 0 spiro atoms. The van der Waals surface area contributed by atoms with Gasteiger partial charge in [0.05, 0.1) is 17.7 Å². The highest BCUT2D eigenvalue weighted by atomic mass is 35.5. The SMILES string of the molecule is Cc1nn(-c2ccc(C(F)(F)F)cn2)c(C)c1CC(=O)NCC1CNC1.Cl.Cl. The zero-order chi connectivity index (χ0) is 18.9. The highest BCUT2D eigenvalue weighted by Crippen LogP contribution is 2.29. The van der Waals surface area contributed by atoms with Crippen LogP contribution in [0.5, 0.6) is 0 Å². The van der Waals surface area contributed by atoms with Gasteiger partial charge in [0.2, 0.25) is 5.91 Å². The molecule has 3 rings (SSSR count). The van der Waals surface area contributed by atoms with Gasteiger partial charge in [-0.1, -0.05) is 0 Å². The monoisotopic (exact) mass is 439 g/mol. The first kappa shape index (κ1) is 24.2. The summed E-state index contributed by atoms with van der Waals surface area (Å²) < 4.78 is 39.5. The molecule has 1 amide bonds. The number of alkyl halides is 3. The summed E-state index contributed by atoms with van der Waals surface area (Å²) in [4.78, 5) is 16.0. The number of carbonyl (C=O) groups excluding carboxylic acids is 1. The standard InChI is InChI=1S/C17H20F3N5O.2ClH/c1-10-14(5-16(26)23-8-12-6-21-7-12)11(2)25(24-10)15-4-3-13(9-22-15)17(18,19)20;;/h3-4,9,12,21H,5-8H2,1-2H3,(H,23,26);2*1H. The van der Waals surface area contributed by atoms with E-state index in [0.717, 1.165) is 30.9 Å². The van der Waals surface area contributed by atoms with E-state index in [0.29, 0.717) is 23.9 Å². The van der Waals surface area contributed by atoms with Gasteiger partial charge in [-0.15, -0.1) is 24.8 Å². The summed E-state index contributed by atoms with van der Waals surface area (Å²) in [5.74, 6) is 0.661. The van der Waals surface area contributed by atoms with E-state index in [9.17, 15) is 18.0 Å². The normalized spacial score (nSPS) is 13.9. The Bertz CT molecular complexity index is 804. The molecule has 1 fully saturated rings. The van der Waals surface area contributed by atoms with Crippen LogP contribution < -0.4 is 10.6 Å². The summed E-state index contributed by atoms with van der Waals surface area (Å²) in [6.45, 7) is 6.01. The maximum absolute atomic E-state index is 12.7. The van der Waals surface area contributed by atoms with Crippen LogP contribution in [-0.2, 0) is 17.4 Å². The molecule has 6 nitrogen and oxygen atoms in total. The molecular formula is C17H22Cl2F3N5O. The van der Waals surface area contributed by atoms with Crippen molar-refractivity contribution in [1.29, 1.82) is 0 Å². The predicted octanol–water partition coefficient (Wildman–Crippen LogP) is 2.62. The second-order valence-corrected chi connectivity index (χ2v) is 6.47. The summed E-state index contributed by atoms with van der Waals surface area (Å²) in [5, 5.41) is 10.4. The number of pyridine rings is 1. The van der Waals surface area contributed by atoms with Gasteiger partial charge in [0.1, 0.15) is 0 Å². The number of rotatable bonds is 5. The van der Waals surface area contributed by atoms with Gasteiger partial charge >= 0.3 is 6.18 Å². The Kier molecular flexibility index (Phi) is 8.28. The molecule has 1 saturated heterocycles. The largest absolute Gasteiger partial charge is 0.417 e. The van der Waals surface area contributed by atoms with Crippen LogP contribution in [0.25, 0.3) is 5.82 Å². The van der Waals surface area contributed by atoms with Crippen LogP contribution in [0.3, 0.4) is 0 Å². The first-order chi connectivity index (χ1) is 12.3. The van der Waals surface area contributed by atoms with E-state index < -0.39 is 11.7 Å². The first-order valence-corrected chi connectivity index (χ1v) is 8.32. The van der Waals surface area contributed by atoms with Crippen LogP contribution in [-0.4, -0.2) is 40.3 Å². The topological polar surface area (TPSA) is 71.8 Å². The third kappa shape index (κ3) is 5.36. The molecule has 28 heavy (non-hydrogen) atoms. The van der Waals surface area contributed by atoms with Gasteiger partial charge in [0.25, 0.3) is 0 Å². The summed E-state index contributed by atoms with van der Waals surface area (Å²) in [6.07, 6.45) is -3.47. The van der Waals surface area contributed by atoms with Gasteiger partial charge in [0, 0.05) is 43.0 Å². The highest BCUT2D eigenvalue weighted by molar-refractivity contribution is 5.85. The number of hydrogen-bond donors (Lipinski definition) is 2. The number of nitrogens with one attached hydrogen (secondary N) is 2. The van der Waals surface area contributed by atoms with Crippen LogP contribution in [0.15, 0.2) is 18.3 Å². The second-order valence-electron chi connectivity index (χ2n) is 6.47. The molecule has 11 heteroatoms. The van der Waals surface area contributed by atoms with Crippen molar-refractivity contribution in [3.63, 3.8) is 0 Å². The van der Waals surface area contributed by atoms with Crippen LogP contribution >= 0.6 is 24.8 Å². The van der Waals surface area contributed by atoms with Crippen LogP contribution in [0, 0.1) is 19.8 Å². The van der Waals surface area contributed by atoms with Gasteiger partial charge in [-0.05, 0) is 26.0 Å². The first-order valence-electron chi connectivity index (χ1n) is 8.32. The molecule has 0 bridgehead atoms. The lowest BCUT2D eigenvalue weighted by molar-refractivity contribution is -0.137. The molecular weight excluding hydrogens is 418 g/mol. The fourth-order valence-corrected chi connectivity index (χ4v) is 2.81. The minimum Gasteiger partial charge on any atom is -0.355 e. The Balaban J connectivity index is 0.00000196. The molecule has 156 valence electrons. The summed E-state index contributed by atoms with van der Waals surface area (Å²) >= 11 is 0. The maximum Gasteiger partial charge on any atom is 0.417 e. The summed E-state index contributed by atoms with van der Waals surface area (Å²) in [6, 6.07) is 2.24. The van der Waals surface area contributed by atoms with Crippen molar-refractivity contribution >= 4 is 30.7 Å². The minimum absolute atomic E-state index is 0. The van der Waals surface area contributed by atoms with Gasteiger partial charge < -0.3 is 10.6 Å². The molecule has 0 atom stereocenters. The Morgan fingerprint density at radius 3 is 2.46 bits per heavy atom. The molecule has 2 aromatic heterocycles. The fourth-order valence-electron chi connectivity index (χ4n) is 2.81. The van der Waals surface area contributed by atoms with E-state index in [-0.39, 0.29) is 43.0 Å². The van der Waals surface area contributed by atoms with Crippen molar-refractivity contribution in [3.05, 3.63) is 40.8 Å². The molecule has 2 N–H and O–H groups in total. The Labute approximate surface area is 173 Å². The van der Waals surface area contributed by atoms with E-state index in [1.165, 1.54) is 10.7 Å². The van der Waals surface area contributed by atoms with E-state index in [4.69, 9.17) is 0 Å². The van der Waals surface area contributed by atoms with Gasteiger partial charge in [0.15, 0.2) is 5.82 Å². The van der Waals surface area contributed by atoms with Crippen molar-refractivity contribution in [3.8, 4) is 5.82 Å². The molecule has 0 radical (unpaired) electrons. The Hall–Kier alpha value is -1.84. The smallest absolute Gasteiger partial charge is 0.355 e. The molecule has 1 aliphatic heterocycles. The van der Waals surface area contributed by atoms with E-state index in [1.807, 2.05) is 0 Å². The number of aromatic nitrogens is 3. The van der Waals surface area contributed by atoms with Crippen LogP contribution in [0.1, 0.15) is 22.5 Å². The molecule has 0 aromatic carbocycles. The van der Waals surface area contributed by atoms with E-state index in [1.54, 1.807) is 13.8 Å². The molecule has 0 saturated carbocycles. The third-order valence-corrected chi connectivity index (χ3v) is 4.52. The number of amides is 1. The lowest BCUT2D eigenvalue weighted by Crippen LogP contribution is -2.48. The number of halogens is 5. The molecule has 2 aromatic rings. The average Bonchev–Trinajstić information content (AvgIpc) is 2.81. The zero-order valence-electron chi connectivity index (χ0n) is 15.3. The van der Waals surface area contributed by atoms with E-state index >= 15 is 0 Å². The lowest BCUT2D eigenvalue weighted by atomic mass is 10.0. The minimum atomic E-state index is -4.43. The van der Waals surface area contributed by atoms with Gasteiger partial charge in [-0.2, -0.15) is 18.3 Å². The van der Waals surface area contributed by atoms with Crippen LogP contribution in [0.4, 0.5) is 13.2 Å². The summed E-state index contributed by atoms with van der Waals surface area (Å²) in [5.41, 5.74) is 1.30. The van der Waals surface area contributed by atoms with Gasteiger partial charge in [-0.25, -0.2) is 9.67 Å². The third-order valence-electron chi connectivity index (χ3n) is 4.52. The molecule has 3 heterocycles. The summed E-state index contributed by atoms with van der Waals surface area (Å²) in [7, 11) is 0. The lowest BCUT2D eigenvalue weighted by Gasteiger charge is -2.27. The molecule has 0 aliphatic carbocycles. The van der Waals surface area contributed by atoms with Crippen LogP contribution in [0.2, 0.25) is 0 Å². The number of hydrogen-bond acceptors (Lipinski definition) is 4. The van der Waals surface area contributed by atoms with Gasteiger partial charge in [-0.3, -0.25) is 4.79 Å². The number of carbonyl (C=O) groups is 1. The highest BCUT2D eigenvalue weighted by Gasteiger charge is 2.31. The Morgan fingerprint density at radius 1 is 1.29 bits per heavy atom. The predicted molar refractivity (Wildman–Crippen MR) is 103 cm³/mol. The molecule has 0 unspecified atom stereocenters. The number of aryl methyl sites for hydroxylation is 1. The van der Waals surface area contributed by atoms with Crippen molar-refractivity contribution in [2.24, 2.45) is 5.92 Å². The van der Waals surface area contributed by atoms with Crippen molar-refractivity contribution in [1.82, 2.24) is 25.4 Å². The van der Waals surface area contributed by atoms with Crippen molar-refractivity contribution in [2.45, 2.75) is 26.4 Å². The molecule has 1 aliphatic rings.